The molecule has 1 aromatic heterocycles. The van der Waals surface area contributed by atoms with Crippen LogP contribution < -0.4 is 10.9 Å². The summed E-state index contributed by atoms with van der Waals surface area (Å²) in [6.45, 7) is 9.19. The molecule has 2 N–H and O–H groups in total. The van der Waals surface area contributed by atoms with Crippen LogP contribution in [0.15, 0.2) is 35.1 Å². The van der Waals surface area contributed by atoms with Crippen LogP contribution >= 0.6 is 0 Å². The number of carbonyl (C=O) groups excluding carboxylic acids is 1. The van der Waals surface area contributed by atoms with Gasteiger partial charge in [0.05, 0.1) is 0 Å². The molecule has 1 atom stereocenters. The molecule has 2 heterocycles. The van der Waals surface area contributed by atoms with Crippen molar-refractivity contribution in [2.24, 2.45) is 0 Å². The first-order valence-corrected chi connectivity index (χ1v) is 9.22. The van der Waals surface area contributed by atoms with Crippen LogP contribution in [-0.4, -0.2) is 42.0 Å². The lowest BCUT2D eigenvalue weighted by Gasteiger charge is -2.17. The molecule has 1 fully saturated rings. The van der Waals surface area contributed by atoms with E-state index < -0.39 is 0 Å². The van der Waals surface area contributed by atoms with Gasteiger partial charge in [-0.05, 0) is 62.4 Å². The molecule has 3 rings (SSSR count). The second kappa shape index (κ2) is 7.87. The molecule has 1 aliphatic heterocycles. The third kappa shape index (κ3) is 4.05. The minimum absolute atomic E-state index is 0.217. The molecule has 0 radical (unpaired) electrons. The lowest BCUT2D eigenvalue weighted by molar-refractivity contribution is 0.0947. The van der Waals surface area contributed by atoms with Gasteiger partial charge in [0.25, 0.3) is 11.5 Å². The summed E-state index contributed by atoms with van der Waals surface area (Å²) in [4.78, 5) is 29.5. The SMILES string of the molecule is Cc1cc(C)c(C(=O)NCCN2CC[C@H](c3ccccc3C)C2)c(=O)[nH]1. The standard InChI is InChI=1S/C21H27N3O2/c1-14-6-4-5-7-18(14)17-8-10-24(13-17)11-9-22-20(25)19-15(2)12-16(3)23-21(19)26/h4-7,12,17H,8-11,13H2,1-3H3,(H,22,25)(H,23,26)/t17-/m0/s1. The number of amides is 1. The first kappa shape index (κ1) is 18.4. The molecular formula is C21H27N3O2. The fraction of sp³-hybridized carbons (Fsp3) is 0.429. The van der Waals surface area contributed by atoms with E-state index in [2.05, 4.69) is 46.4 Å². The third-order valence-corrected chi connectivity index (χ3v) is 5.21. The van der Waals surface area contributed by atoms with E-state index in [4.69, 9.17) is 0 Å². The van der Waals surface area contributed by atoms with Crippen LogP contribution in [0.2, 0.25) is 0 Å². The second-order valence-electron chi connectivity index (χ2n) is 7.24. The molecule has 0 spiro atoms. The Morgan fingerprint density at radius 2 is 2.00 bits per heavy atom. The summed E-state index contributed by atoms with van der Waals surface area (Å²) in [6, 6.07) is 10.4. The zero-order chi connectivity index (χ0) is 18.7. The summed E-state index contributed by atoms with van der Waals surface area (Å²) < 4.78 is 0. The van der Waals surface area contributed by atoms with Gasteiger partial charge in [0.2, 0.25) is 0 Å². The fourth-order valence-electron chi connectivity index (χ4n) is 3.89. The number of nitrogens with one attached hydrogen (secondary N) is 2. The Morgan fingerprint density at radius 3 is 2.73 bits per heavy atom. The van der Waals surface area contributed by atoms with E-state index in [1.165, 1.54) is 11.1 Å². The molecule has 1 amide bonds. The van der Waals surface area contributed by atoms with Gasteiger partial charge in [-0.3, -0.25) is 9.59 Å². The van der Waals surface area contributed by atoms with Crippen LogP contribution in [-0.2, 0) is 0 Å². The number of rotatable bonds is 5. The van der Waals surface area contributed by atoms with E-state index in [0.717, 1.165) is 31.7 Å². The average Bonchev–Trinajstić information content (AvgIpc) is 3.03. The zero-order valence-electron chi connectivity index (χ0n) is 15.8. The fourth-order valence-corrected chi connectivity index (χ4v) is 3.89. The molecule has 0 aliphatic carbocycles. The highest BCUT2D eigenvalue weighted by Crippen LogP contribution is 2.28. The summed E-state index contributed by atoms with van der Waals surface area (Å²) in [5.74, 6) is 0.271. The molecular weight excluding hydrogens is 326 g/mol. The number of aromatic amines is 1. The zero-order valence-corrected chi connectivity index (χ0v) is 15.8. The number of carbonyl (C=O) groups is 1. The second-order valence-corrected chi connectivity index (χ2v) is 7.24. The molecule has 0 saturated carbocycles. The Kier molecular flexibility index (Phi) is 5.57. The van der Waals surface area contributed by atoms with Gasteiger partial charge in [-0.1, -0.05) is 24.3 Å². The maximum absolute atomic E-state index is 12.4. The van der Waals surface area contributed by atoms with Crippen molar-refractivity contribution in [1.29, 1.82) is 0 Å². The van der Waals surface area contributed by atoms with E-state index in [1.54, 1.807) is 6.92 Å². The number of benzene rings is 1. The maximum atomic E-state index is 12.4. The van der Waals surface area contributed by atoms with Gasteiger partial charge < -0.3 is 15.2 Å². The molecule has 5 nitrogen and oxygen atoms in total. The van der Waals surface area contributed by atoms with E-state index in [-0.39, 0.29) is 17.0 Å². The molecule has 1 saturated heterocycles. The van der Waals surface area contributed by atoms with Gasteiger partial charge >= 0.3 is 0 Å². The molecule has 5 heteroatoms. The molecule has 26 heavy (non-hydrogen) atoms. The van der Waals surface area contributed by atoms with Crippen molar-refractivity contribution in [3.63, 3.8) is 0 Å². The molecule has 2 aromatic rings. The molecule has 0 unspecified atom stereocenters. The molecule has 138 valence electrons. The number of H-pyrrole nitrogens is 1. The molecule has 0 bridgehead atoms. The minimum atomic E-state index is -0.319. The molecule has 1 aliphatic rings. The van der Waals surface area contributed by atoms with Gasteiger partial charge in [0.1, 0.15) is 5.56 Å². The Balaban J connectivity index is 1.53. The highest BCUT2D eigenvalue weighted by atomic mass is 16.2. The number of hydrogen-bond acceptors (Lipinski definition) is 3. The molecule has 1 aromatic carbocycles. The van der Waals surface area contributed by atoms with E-state index >= 15 is 0 Å². The van der Waals surface area contributed by atoms with Crippen molar-refractivity contribution >= 4 is 5.91 Å². The lowest BCUT2D eigenvalue weighted by Crippen LogP contribution is -2.36. The first-order chi connectivity index (χ1) is 12.5. The summed E-state index contributed by atoms with van der Waals surface area (Å²) in [6.07, 6.45) is 1.15. The summed E-state index contributed by atoms with van der Waals surface area (Å²) in [7, 11) is 0. The Hall–Kier alpha value is -2.40. The summed E-state index contributed by atoms with van der Waals surface area (Å²) in [5.41, 5.74) is 4.16. The van der Waals surface area contributed by atoms with Crippen molar-refractivity contribution in [3.05, 3.63) is 68.6 Å². The van der Waals surface area contributed by atoms with Crippen LogP contribution in [0.3, 0.4) is 0 Å². The monoisotopic (exact) mass is 353 g/mol. The normalized spacial score (nSPS) is 17.4. The van der Waals surface area contributed by atoms with Crippen molar-refractivity contribution < 1.29 is 4.79 Å². The van der Waals surface area contributed by atoms with Crippen LogP contribution in [0.5, 0.6) is 0 Å². The first-order valence-electron chi connectivity index (χ1n) is 9.22. The number of pyridine rings is 1. The van der Waals surface area contributed by atoms with Crippen LogP contribution in [0, 0.1) is 20.8 Å². The van der Waals surface area contributed by atoms with E-state index in [9.17, 15) is 9.59 Å². The van der Waals surface area contributed by atoms with Gasteiger partial charge in [-0.15, -0.1) is 0 Å². The largest absolute Gasteiger partial charge is 0.351 e. The Morgan fingerprint density at radius 1 is 1.23 bits per heavy atom. The number of nitrogens with zero attached hydrogens (tertiary/aromatic N) is 1. The van der Waals surface area contributed by atoms with Crippen molar-refractivity contribution in [3.8, 4) is 0 Å². The quantitative estimate of drug-likeness (QED) is 0.868. The smallest absolute Gasteiger partial charge is 0.261 e. The van der Waals surface area contributed by atoms with Crippen molar-refractivity contribution in [2.75, 3.05) is 26.2 Å². The minimum Gasteiger partial charge on any atom is -0.351 e. The van der Waals surface area contributed by atoms with Crippen molar-refractivity contribution in [2.45, 2.75) is 33.1 Å². The van der Waals surface area contributed by atoms with Crippen LogP contribution in [0.1, 0.15) is 45.1 Å². The summed E-state index contributed by atoms with van der Waals surface area (Å²) in [5, 5.41) is 2.89. The number of hydrogen-bond donors (Lipinski definition) is 2. The predicted octanol–water partition coefficient (Wildman–Crippen LogP) is 2.52. The Labute approximate surface area is 154 Å². The number of aromatic nitrogens is 1. The van der Waals surface area contributed by atoms with E-state index in [1.807, 2.05) is 13.0 Å². The van der Waals surface area contributed by atoms with Gasteiger partial charge in [0.15, 0.2) is 0 Å². The van der Waals surface area contributed by atoms with Crippen LogP contribution in [0.25, 0.3) is 0 Å². The van der Waals surface area contributed by atoms with Crippen LogP contribution in [0.4, 0.5) is 0 Å². The number of likely N-dealkylation sites (tertiary alicyclic amines) is 1. The van der Waals surface area contributed by atoms with Crippen molar-refractivity contribution in [1.82, 2.24) is 15.2 Å². The topological polar surface area (TPSA) is 65.2 Å². The third-order valence-electron chi connectivity index (χ3n) is 5.21. The number of aryl methyl sites for hydroxylation is 3. The maximum Gasteiger partial charge on any atom is 0.261 e. The van der Waals surface area contributed by atoms with Gasteiger partial charge in [-0.2, -0.15) is 0 Å². The average molecular weight is 353 g/mol. The van der Waals surface area contributed by atoms with Gasteiger partial charge in [-0.25, -0.2) is 0 Å². The van der Waals surface area contributed by atoms with Gasteiger partial charge in [0, 0.05) is 25.3 Å². The Bertz CT molecular complexity index is 857. The lowest BCUT2D eigenvalue weighted by atomic mass is 9.94. The highest BCUT2D eigenvalue weighted by Gasteiger charge is 2.24. The highest BCUT2D eigenvalue weighted by molar-refractivity contribution is 5.95. The predicted molar refractivity (Wildman–Crippen MR) is 104 cm³/mol. The summed E-state index contributed by atoms with van der Waals surface area (Å²) >= 11 is 0. The van der Waals surface area contributed by atoms with E-state index in [0.29, 0.717) is 18.0 Å².